The van der Waals surface area contributed by atoms with Gasteiger partial charge in [-0.05, 0) is 30.7 Å². The van der Waals surface area contributed by atoms with Crippen LogP contribution in [0.5, 0.6) is 0 Å². The summed E-state index contributed by atoms with van der Waals surface area (Å²) in [6.07, 6.45) is 2.31. The predicted octanol–water partition coefficient (Wildman–Crippen LogP) is 3.00. The summed E-state index contributed by atoms with van der Waals surface area (Å²) in [5.41, 5.74) is 1.70. The van der Waals surface area contributed by atoms with Crippen molar-refractivity contribution in [3.05, 3.63) is 35.8 Å². The Hall–Kier alpha value is -2.21. The molecule has 2 N–H and O–H groups in total. The molecule has 0 aliphatic heterocycles. The highest BCUT2D eigenvalue weighted by Crippen LogP contribution is 2.23. The zero-order valence-corrected chi connectivity index (χ0v) is 11.5. The van der Waals surface area contributed by atoms with E-state index in [1.165, 1.54) is 0 Å². The number of rotatable bonds is 6. The van der Waals surface area contributed by atoms with E-state index in [1.54, 1.807) is 17.5 Å². The Morgan fingerprint density at radius 2 is 1.95 bits per heavy atom. The minimum atomic E-state index is -0.884. The average molecular weight is 290 g/mol. The maximum atomic E-state index is 11.6. The van der Waals surface area contributed by atoms with Crippen molar-refractivity contribution in [3.8, 4) is 10.6 Å². The summed E-state index contributed by atoms with van der Waals surface area (Å²) < 4.78 is 0. The van der Waals surface area contributed by atoms with E-state index in [0.717, 1.165) is 10.6 Å². The summed E-state index contributed by atoms with van der Waals surface area (Å²) in [4.78, 5) is 26.2. The molecule has 0 aliphatic carbocycles. The second-order valence-corrected chi connectivity index (χ2v) is 5.10. The Labute approximate surface area is 120 Å². The fraction of sp³-hybridized carbons (Fsp3) is 0.214. The van der Waals surface area contributed by atoms with Crippen LogP contribution in [0.15, 0.2) is 35.8 Å². The number of carbonyl (C=O) groups is 2. The maximum absolute atomic E-state index is 11.6. The number of benzene rings is 1. The number of aliphatic carboxylic acids is 1. The number of carboxylic acid groups (broad SMARTS) is 1. The van der Waals surface area contributed by atoms with Gasteiger partial charge >= 0.3 is 5.97 Å². The summed E-state index contributed by atoms with van der Waals surface area (Å²) in [6.45, 7) is 0. The summed E-state index contributed by atoms with van der Waals surface area (Å²) in [5.74, 6) is -1.06. The van der Waals surface area contributed by atoms with Crippen molar-refractivity contribution in [2.75, 3.05) is 5.32 Å². The van der Waals surface area contributed by atoms with Crippen LogP contribution in [-0.4, -0.2) is 22.0 Å². The lowest BCUT2D eigenvalue weighted by Crippen LogP contribution is -2.11. The first-order valence-corrected chi connectivity index (χ1v) is 7.04. The number of carboxylic acids is 1. The summed E-state index contributed by atoms with van der Waals surface area (Å²) in [6, 6.07) is 7.41. The smallest absolute Gasteiger partial charge is 0.303 e. The van der Waals surface area contributed by atoms with E-state index in [1.807, 2.05) is 29.6 Å². The Kier molecular flexibility index (Phi) is 4.84. The van der Waals surface area contributed by atoms with Gasteiger partial charge in [0.25, 0.3) is 0 Å². The second-order valence-electron chi connectivity index (χ2n) is 4.21. The molecular formula is C14H14N2O3S. The topological polar surface area (TPSA) is 79.3 Å². The van der Waals surface area contributed by atoms with Gasteiger partial charge in [-0.1, -0.05) is 0 Å². The number of thiazole rings is 1. The van der Waals surface area contributed by atoms with E-state index in [4.69, 9.17) is 5.11 Å². The van der Waals surface area contributed by atoms with Crippen LogP contribution in [0.1, 0.15) is 19.3 Å². The lowest BCUT2D eigenvalue weighted by atomic mass is 10.2. The molecule has 0 bridgehead atoms. The highest BCUT2D eigenvalue weighted by atomic mass is 32.1. The molecule has 0 fully saturated rings. The quantitative estimate of drug-likeness (QED) is 0.857. The molecule has 104 valence electrons. The number of anilines is 1. The Bertz CT molecular complexity index is 579. The monoisotopic (exact) mass is 290 g/mol. The highest BCUT2D eigenvalue weighted by Gasteiger charge is 2.05. The largest absolute Gasteiger partial charge is 0.481 e. The number of amides is 1. The van der Waals surface area contributed by atoms with Crippen LogP contribution in [0.2, 0.25) is 0 Å². The van der Waals surface area contributed by atoms with Crippen LogP contribution in [0.3, 0.4) is 0 Å². The van der Waals surface area contributed by atoms with Gasteiger partial charge in [0, 0.05) is 35.7 Å². The average Bonchev–Trinajstić information content (AvgIpc) is 2.93. The van der Waals surface area contributed by atoms with Crippen molar-refractivity contribution in [2.24, 2.45) is 0 Å². The minimum Gasteiger partial charge on any atom is -0.481 e. The SMILES string of the molecule is O=C(O)CCCC(=O)Nc1ccc(-c2nccs2)cc1. The van der Waals surface area contributed by atoms with Gasteiger partial charge in [-0.2, -0.15) is 0 Å². The maximum Gasteiger partial charge on any atom is 0.303 e. The number of hydrogen-bond acceptors (Lipinski definition) is 4. The van der Waals surface area contributed by atoms with Crippen molar-refractivity contribution in [2.45, 2.75) is 19.3 Å². The lowest BCUT2D eigenvalue weighted by molar-refractivity contribution is -0.137. The van der Waals surface area contributed by atoms with Gasteiger partial charge in [-0.15, -0.1) is 11.3 Å². The van der Waals surface area contributed by atoms with E-state index in [-0.39, 0.29) is 18.7 Å². The van der Waals surface area contributed by atoms with Crippen LogP contribution in [0.25, 0.3) is 10.6 Å². The Morgan fingerprint density at radius 1 is 1.20 bits per heavy atom. The van der Waals surface area contributed by atoms with Crippen LogP contribution >= 0.6 is 11.3 Å². The summed E-state index contributed by atoms with van der Waals surface area (Å²) in [7, 11) is 0. The van der Waals surface area contributed by atoms with Gasteiger partial charge in [-0.25, -0.2) is 4.98 Å². The number of aromatic nitrogens is 1. The van der Waals surface area contributed by atoms with Crippen molar-refractivity contribution >= 4 is 28.9 Å². The number of nitrogens with one attached hydrogen (secondary N) is 1. The molecular weight excluding hydrogens is 276 g/mol. The minimum absolute atomic E-state index is 0.0103. The molecule has 1 heterocycles. The Balaban J connectivity index is 1.87. The van der Waals surface area contributed by atoms with Gasteiger partial charge in [0.15, 0.2) is 0 Å². The van der Waals surface area contributed by atoms with Gasteiger partial charge < -0.3 is 10.4 Å². The van der Waals surface area contributed by atoms with E-state index >= 15 is 0 Å². The summed E-state index contributed by atoms with van der Waals surface area (Å²) >= 11 is 1.56. The third kappa shape index (κ3) is 4.17. The molecule has 1 amide bonds. The third-order valence-corrected chi connectivity index (χ3v) is 3.46. The van der Waals surface area contributed by atoms with Gasteiger partial charge in [-0.3, -0.25) is 9.59 Å². The van der Waals surface area contributed by atoms with E-state index in [0.29, 0.717) is 12.1 Å². The zero-order chi connectivity index (χ0) is 14.4. The molecule has 5 nitrogen and oxygen atoms in total. The second kappa shape index (κ2) is 6.81. The molecule has 2 aromatic rings. The molecule has 0 aliphatic rings. The Morgan fingerprint density at radius 3 is 2.55 bits per heavy atom. The lowest BCUT2D eigenvalue weighted by Gasteiger charge is -2.05. The molecule has 0 unspecified atom stereocenters. The molecule has 6 heteroatoms. The molecule has 1 aromatic heterocycles. The van der Waals surface area contributed by atoms with E-state index in [2.05, 4.69) is 10.3 Å². The number of hydrogen-bond donors (Lipinski definition) is 2. The molecule has 1 aromatic carbocycles. The molecule has 0 atom stereocenters. The fourth-order valence-electron chi connectivity index (χ4n) is 1.69. The molecule has 2 rings (SSSR count). The molecule has 0 spiro atoms. The third-order valence-electron chi connectivity index (χ3n) is 2.64. The van der Waals surface area contributed by atoms with Crippen molar-refractivity contribution in [1.82, 2.24) is 4.98 Å². The molecule has 0 radical (unpaired) electrons. The van der Waals surface area contributed by atoms with E-state index in [9.17, 15) is 9.59 Å². The number of carbonyl (C=O) groups excluding carboxylic acids is 1. The predicted molar refractivity (Wildman–Crippen MR) is 77.7 cm³/mol. The first-order valence-electron chi connectivity index (χ1n) is 6.17. The fourth-order valence-corrected chi connectivity index (χ4v) is 2.33. The van der Waals surface area contributed by atoms with Crippen molar-refractivity contribution in [3.63, 3.8) is 0 Å². The first-order chi connectivity index (χ1) is 9.65. The summed E-state index contributed by atoms with van der Waals surface area (Å²) in [5, 5.41) is 14.1. The highest BCUT2D eigenvalue weighted by molar-refractivity contribution is 7.13. The normalized spacial score (nSPS) is 10.2. The standard InChI is InChI=1S/C14H14N2O3S/c17-12(2-1-3-13(18)19)16-11-6-4-10(5-7-11)14-15-8-9-20-14/h4-9H,1-3H2,(H,16,17)(H,18,19). The van der Waals surface area contributed by atoms with Crippen molar-refractivity contribution in [1.29, 1.82) is 0 Å². The van der Waals surface area contributed by atoms with Crippen molar-refractivity contribution < 1.29 is 14.7 Å². The van der Waals surface area contributed by atoms with Gasteiger partial charge in [0.1, 0.15) is 5.01 Å². The first kappa shape index (κ1) is 14.2. The molecule has 0 saturated heterocycles. The number of nitrogens with zero attached hydrogens (tertiary/aromatic N) is 1. The molecule has 20 heavy (non-hydrogen) atoms. The van der Waals surface area contributed by atoms with Gasteiger partial charge in [0.2, 0.25) is 5.91 Å². The van der Waals surface area contributed by atoms with Gasteiger partial charge in [0.05, 0.1) is 0 Å². The van der Waals surface area contributed by atoms with Crippen LogP contribution < -0.4 is 5.32 Å². The van der Waals surface area contributed by atoms with Crippen LogP contribution in [0, 0.1) is 0 Å². The van der Waals surface area contributed by atoms with Crippen LogP contribution in [-0.2, 0) is 9.59 Å². The molecule has 0 saturated carbocycles. The van der Waals surface area contributed by atoms with Crippen LogP contribution in [0.4, 0.5) is 5.69 Å². The zero-order valence-electron chi connectivity index (χ0n) is 10.7. The van der Waals surface area contributed by atoms with E-state index < -0.39 is 5.97 Å².